The Morgan fingerprint density at radius 2 is 1.60 bits per heavy atom. The molecule has 0 aliphatic heterocycles. The maximum Gasteiger partial charge on any atom is 0.334 e. The van der Waals surface area contributed by atoms with Gasteiger partial charge in [0.15, 0.2) is 0 Å². The summed E-state index contributed by atoms with van der Waals surface area (Å²) in [6.07, 6.45) is 0. The Bertz CT molecular complexity index is 766. The fourth-order valence-corrected chi connectivity index (χ4v) is 2.95. The number of carbonyl (C=O) groups excluding carboxylic acids is 2. The third-order valence-corrected chi connectivity index (χ3v) is 4.63. The SMILES string of the molecule is Cc1cccc(C)c1OC(=O)[C@@H](NC(=O)c1ccccc1Br)C(C)C. The second kappa shape index (κ2) is 8.30. The van der Waals surface area contributed by atoms with Crippen LogP contribution in [-0.2, 0) is 4.79 Å². The zero-order chi connectivity index (χ0) is 18.6. The van der Waals surface area contributed by atoms with Gasteiger partial charge in [-0.2, -0.15) is 0 Å². The quantitative estimate of drug-likeness (QED) is 0.593. The van der Waals surface area contributed by atoms with E-state index in [1.54, 1.807) is 18.2 Å². The van der Waals surface area contributed by atoms with Crippen LogP contribution in [0.3, 0.4) is 0 Å². The zero-order valence-corrected chi connectivity index (χ0v) is 16.4. The predicted octanol–water partition coefficient (Wildman–Crippen LogP) is 4.43. The van der Waals surface area contributed by atoms with Gasteiger partial charge < -0.3 is 10.1 Å². The van der Waals surface area contributed by atoms with Crippen molar-refractivity contribution in [3.8, 4) is 5.75 Å². The highest BCUT2D eigenvalue weighted by atomic mass is 79.9. The Morgan fingerprint density at radius 3 is 2.16 bits per heavy atom. The molecule has 25 heavy (non-hydrogen) atoms. The molecular weight excluding hydrogens is 382 g/mol. The number of benzene rings is 2. The van der Waals surface area contributed by atoms with E-state index in [2.05, 4.69) is 21.2 Å². The van der Waals surface area contributed by atoms with Gasteiger partial charge in [-0.25, -0.2) is 4.79 Å². The summed E-state index contributed by atoms with van der Waals surface area (Å²) in [5.41, 5.74) is 2.24. The average Bonchev–Trinajstić information content (AvgIpc) is 2.56. The van der Waals surface area contributed by atoms with Crippen molar-refractivity contribution in [1.29, 1.82) is 0 Å². The summed E-state index contributed by atoms with van der Waals surface area (Å²) in [7, 11) is 0. The number of nitrogens with one attached hydrogen (secondary N) is 1. The lowest BCUT2D eigenvalue weighted by atomic mass is 10.0. The molecule has 0 heterocycles. The van der Waals surface area contributed by atoms with Crippen LogP contribution >= 0.6 is 15.9 Å². The first kappa shape index (κ1) is 19.2. The number of halogens is 1. The standard InChI is InChI=1S/C20H22BrNO3/c1-12(2)17(22-19(23)15-10-5-6-11-16(15)21)20(24)25-18-13(3)8-7-9-14(18)4/h5-12,17H,1-4H3,(H,22,23)/t17-/m0/s1. The maximum atomic E-state index is 12.7. The van der Waals surface area contributed by atoms with Gasteiger partial charge >= 0.3 is 5.97 Å². The van der Waals surface area contributed by atoms with Crippen molar-refractivity contribution >= 4 is 27.8 Å². The summed E-state index contributed by atoms with van der Waals surface area (Å²) >= 11 is 3.36. The molecule has 0 aliphatic carbocycles. The second-order valence-corrected chi connectivity index (χ2v) is 7.17. The van der Waals surface area contributed by atoms with Crippen LogP contribution < -0.4 is 10.1 Å². The van der Waals surface area contributed by atoms with Crippen LogP contribution in [0.25, 0.3) is 0 Å². The molecule has 0 aliphatic rings. The van der Waals surface area contributed by atoms with Crippen LogP contribution in [0.2, 0.25) is 0 Å². The Balaban J connectivity index is 2.19. The highest BCUT2D eigenvalue weighted by Gasteiger charge is 2.28. The van der Waals surface area contributed by atoms with Crippen LogP contribution in [0.5, 0.6) is 5.75 Å². The molecule has 2 aromatic rings. The number of aryl methyl sites for hydroxylation is 2. The molecule has 4 nitrogen and oxygen atoms in total. The van der Waals surface area contributed by atoms with Crippen molar-refractivity contribution in [2.45, 2.75) is 33.7 Å². The fourth-order valence-electron chi connectivity index (χ4n) is 2.49. The maximum absolute atomic E-state index is 12.7. The highest BCUT2D eigenvalue weighted by molar-refractivity contribution is 9.10. The lowest BCUT2D eigenvalue weighted by molar-refractivity contribution is -0.137. The van der Waals surface area contributed by atoms with Gasteiger partial charge in [-0.3, -0.25) is 4.79 Å². The highest BCUT2D eigenvalue weighted by Crippen LogP contribution is 2.23. The molecule has 2 aromatic carbocycles. The fraction of sp³-hybridized carbons (Fsp3) is 0.300. The van der Waals surface area contributed by atoms with Gasteiger partial charge in [0.25, 0.3) is 5.91 Å². The largest absolute Gasteiger partial charge is 0.424 e. The van der Waals surface area contributed by atoms with Crippen LogP contribution in [-0.4, -0.2) is 17.9 Å². The van der Waals surface area contributed by atoms with Gasteiger partial charge in [-0.05, 0) is 59.0 Å². The molecule has 1 amide bonds. The molecule has 1 N–H and O–H groups in total. The van der Waals surface area contributed by atoms with Gasteiger partial charge in [0.2, 0.25) is 0 Å². The number of amides is 1. The van der Waals surface area contributed by atoms with E-state index in [9.17, 15) is 9.59 Å². The third kappa shape index (κ3) is 4.69. The van der Waals surface area contributed by atoms with Gasteiger partial charge in [-0.15, -0.1) is 0 Å². The molecule has 0 saturated carbocycles. The average molecular weight is 404 g/mol. The predicted molar refractivity (Wildman–Crippen MR) is 102 cm³/mol. The Kier molecular flexibility index (Phi) is 6.37. The van der Waals surface area contributed by atoms with Crippen LogP contribution in [0.1, 0.15) is 35.3 Å². The minimum absolute atomic E-state index is 0.108. The van der Waals surface area contributed by atoms with E-state index in [1.165, 1.54) is 0 Å². The van der Waals surface area contributed by atoms with Crippen molar-refractivity contribution in [3.05, 3.63) is 63.6 Å². The first-order valence-electron chi connectivity index (χ1n) is 8.14. The van der Waals surface area contributed by atoms with Gasteiger partial charge in [0.1, 0.15) is 11.8 Å². The molecule has 0 saturated heterocycles. The van der Waals surface area contributed by atoms with Crippen molar-refractivity contribution < 1.29 is 14.3 Å². The Hall–Kier alpha value is -2.14. The topological polar surface area (TPSA) is 55.4 Å². The van der Waals surface area contributed by atoms with Gasteiger partial charge in [0, 0.05) is 4.47 Å². The van der Waals surface area contributed by atoms with Gasteiger partial charge in [-0.1, -0.05) is 44.2 Å². The van der Waals surface area contributed by atoms with E-state index in [-0.39, 0.29) is 11.8 Å². The molecule has 2 rings (SSSR count). The first-order valence-corrected chi connectivity index (χ1v) is 8.94. The molecule has 132 valence electrons. The van der Waals surface area contributed by atoms with Crippen molar-refractivity contribution in [2.24, 2.45) is 5.92 Å². The first-order chi connectivity index (χ1) is 11.8. The summed E-state index contributed by atoms with van der Waals surface area (Å²) < 4.78 is 6.28. The number of esters is 1. The summed E-state index contributed by atoms with van der Waals surface area (Å²) in [5, 5.41) is 2.79. The molecule has 0 aromatic heterocycles. The number of carbonyl (C=O) groups is 2. The minimum atomic E-state index is -0.737. The molecule has 0 spiro atoms. The van der Waals surface area contributed by atoms with Crippen molar-refractivity contribution in [2.75, 3.05) is 0 Å². The smallest absolute Gasteiger partial charge is 0.334 e. The van der Waals surface area contributed by atoms with E-state index >= 15 is 0 Å². The molecule has 0 radical (unpaired) electrons. The number of ether oxygens (including phenoxy) is 1. The molecular formula is C20H22BrNO3. The number of hydrogen-bond donors (Lipinski definition) is 1. The third-order valence-electron chi connectivity index (χ3n) is 3.94. The molecule has 1 atom stereocenters. The van der Waals surface area contributed by atoms with E-state index in [0.29, 0.717) is 15.8 Å². The van der Waals surface area contributed by atoms with E-state index in [1.807, 2.05) is 52.0 Å². The van der Waals surface area contributed by atoms with Crippen molar-refractivity contribution in [1.82, 2.24) is 5.32 Å². The van der Waals surface area contributed by atoms with Crippen LogP contribution in [0.4, 0.5) is 0 Å². The second-order valence-electron chi connectivity index (χ2n) is 6.32. The summed E-state index contributed by atoms with van der Waals surface area (Å²) in [5.74, 6) is -0.339. The Labute approximate surface area is 156 Å². The van der Waals surface area contributed by atoms with E-state index < -0.39 is 12.0 Å². The number of para-hydroxylation sites is 1. The normalized spacial score (nSPS) is 11.9. The molecule has 5 heteroatoms. The van der Waals surface area contributed by atoms with Crippen molar-refractivity contribution in [3.63, 3.8) is 0 Å². The Morgan fingerprint density at radius 1 is 1.00 bits per heavy atom. The van der Waals surface area contributed by atoms with Crippen LogP contribution in [0, 0.1) is 19.8 Å². The summed E-state index contributed by atoms with van der Waals surface area (Å²) in [4.78, 5) is 25.2. The summed E-state index contributed by atoms with van der Waals surface area (Å²) in [6.45, 7) is 7.52. The van der Waals surface area contributed by atoms with Gasteiger partial charge in [0.05, 0.1) is 5.56 Å². The van der Waals surface area contributed by atoms with E-state index in [0.717, 1.165) is 11.1 Å². The van der Waals surface area contributed by atoms with E-state index in [4.69, 9.17) is 4.74 Å². The minimum Gasteiger partial charge on any atom is -0.424 e. The zero-order valence-electron chi connectivity index (χ0n) is 14.8. The molecule has 0 bridgehead atoms. The number of rotatable bonds is 5. The lowest BCUT2D eigenvalue weighted by Crippen LogP contribution is -2.46. The summed E-state index contributed by atoms with van der Waals surface area (Å²) in [6, 6.07) is 12.0. The van der Waals surface area contributed by atoms with Crippen LogP contribution in [0.15, 0.2) is 46.9 Å². The number of hydrogen-bond acceptors (Lipinski definition) is 3. The monoisotopic (exact) mass is 403 g/mol. The lowest BCUT2D eigenvalue weighted by Gasteiger charge is -2.22. The molecule has 0 unspecified atom stereocenters. The molecule has 0 fully saturated rings.